The maximum atomic E-state index is 13.3. The fourth-order valence-corrected chi connectivity index (χ4v) is 8.41. The molecule has 4 saturated heterocycles. The molecule has 0 radical (unpaired) electrons. The fraction of sp³-hybridized carbons (Fsp3) is 0.844. The summed E-state index contributed by atoms with van der Waals surface area (Å²) in [5.41, 5.74) is 5.43. The minimum atomic E-state index is -0.908. The number of carbonyl (C=O) groups is 3. The first-order chi connectivity index (χ1) is 19.9. The van der Waals surface area contributed by atoms with Crippen LogP contribution in [0, 0.1) is 29.6 Å². The van der Waals surface area contributed by atoms with Gasteiger partial charge in [-0.05, 0) is 71.1 Å². The van der Waals surface area contributed by atoms with Crippen LogP contribution in [0.1, 0.15) is 79.1 Å². The molecule has 8 unspecified atom stereocenters. The maximum absolute atomic E-state index is 13.3. The van der Waals surface area contributed by atoms with E-state index < -0.39 is 11.2 Å². The summed E-state index contributed by atoms with van der Waals surface area (Å²) in [4.78, 5) is 40.5. The Labute approximate surface area is 250 Å². The highest BCUT2D eigenvalue weighted by Crippen LogP contribution is 2.55. The minimum absolute atomic E-state index is 0.0335. The molecule has 10 heteroatoms. The molecular weight excluding hydrogens is 536 g/mol. The molecule has 0 spiro atoms. The Bertz CT molecular complexity index is 1060. The van der Waals surface area contributed by atoms with Crippen LogP contribution in [0.15, 0.2) is 11.6 Å². The molecule has 0 aromatic carbocycles. The molecule has 4 heterocycles. The van der Waals surface area contributed by atoms with Gasteiger partial charge in [-0.1, -0.05) is 6.08 Å². The summed E-state index contributed by atoms with van der Waals surface area (Å²) in [5.74, 6) is 1.36. The van der Waals surface area contributed by atoms with Crippen LogP contribution in [0.3, 0.4) is 0 Å². The quantitative estimate of drug-likeness (QED) is 0.262. The predicted molar refractivity (Wildman–Crippen MR) is 156 cm³/mol. The summed E-state index contributed by atoms with van der Waals surface area (Å²) in [7, 11) is 2.08. The van der Waals surface area contributed by atoms with Gasteiger partial charge in [-0.3, -0.25) is 15.3 Å². The van der Waals surface area contributed by atoms with E-state index in [0.29, 0.717) is 49.0 Å². The summed E-state index contributed by atoms with van der Waals surface area (Å²) in [6.07, 6.45) is 7.32. The first-order valence-electron chi connectivity index (χ1n) is 16.3. The molecule has 0 aromatic rings. The summed E-state index contributed by atoms with van der Waals surface area (Å²) in [5, 5.41) is 4.35. The van der Waals surface area contributed by atoms with Crippen molar-refractivity contribution in [2.75, 3.05) is 33.2 Å². The van der Waals surface area contributed by atoms with Crippen LogP contribution >= 0.6 is 0 Å². The Morgan fingerprint density at radius 2 is 1.95 bits per heavy atom. The second-order valence-electron chi connectivity index (χ2n) is 14.4. The smallest absolute Gasteiger partial charge is 0.334 e. The number of esters is 2. The van der Waals surface area contributed by atoms with Crippen molar-refractivity contribution in [2.45, 2.75) is 109 Å². The Kier molecular flexibility index (Phi) is 9.38. The Morgan fingerprint density at radius 1 is 1.19 bits per heavy atom. The molecule has 5 aliphatic rings. The maximum Gasteiger partial charge on any atom is 0.334 e. The normalized spacial score (nSPS) is 37.4. The van der Waals surface area contributed by atoms with Crippen LogP contribution in [-0.2, 0) is 28.6 Å². The van der Waals surface area contributed by atoms with Gasteiger partial charge in [0.25, 0.3) is 0 Å². The minimum Gasteiger partial charge on any atom is -0.462 e. The number of nitrogens with zero attached hydrogens (tertiary/aromatic N) is 1. The molecule has 1 saturated carbocycles. The number of fused-ring (bicyclic) bond motifs is 2. The monoisotopic (exact) mass is 590 g/mol. The van der Waals surface area contributed by atoms with E-state index in [1.807, 2.05) is 25.7 Å². The van der Waals surface area contributed by atoms with E-state index in [0.717, 1.165) is 51.9 Å². The van der Waals surface area contributed by atoms with Crippen LogP contribution in [0.25, 0.3) is 0 Å². The first kappa shape index (κ1) is 31.4. The van der Waals surface area contributed by atoms with Crippen molar-refractivity contribution in [1.82, 2.24) is 4.90 Å². The number of nitrogens with two attached hydrogens (primary N) is 3. The van der Waals surface area contributed by atoms with Crippen molar-refractivity contribution in [2.24, 2.45) is 35.3 Å². The number of rotatable bonds is 9. The van der Waals surface area contributed by atoms with E-state index in [1.54, 1.807) is 13.0 Å². The number of piperidine rings is 1. The van der Waals surface area contributed by atoms with Crippen molar-refractivity contribution in [3.05, 3.63) is 11.6 Å². The van der Waals surface area contributed by atoms with Crippen molar-refractivity contribution in [1.29, 1.82) is 0 Å². The summed E-state index contributed by atoms with van der Waals surface area (Å²) in [6.45, 7) is 11.1. The number of hydrogen-bond donors (Lipinski definition) is 3. The molecule has 8 atom stereocenters. The number of likely N-dealkylation sites (tertiary alicyclic amines) is 1. The largest absolute Gasteiger partial charge is 0.462 e. The molecule has 5 rings (SSSR count). The van der Waals surface area contributed by atoms with Crippen molar-refractivity contribution >= 4 is 17.8 Å². The van der Waals surface area contributed by atoms with Gasteiger partial charge in [0, 0.05) is 56.2 Å². The van der Waals surface area contributed by atoms with E-state index in [-0.39, 0.29) is 48.1 Å². The summed E-state index contributed by atoms with van der Waals surface area (Å²) in [6, 6.07) is 0. The standard InChI is InChI=1S/C32H52N4O6/c1-6-19(2)30(39)42-31(3,4)32(14-23-9-21-7-8-29(38)40-25(21)12-26(23)41-32)13-22-10-27(33)35-16-24(22)11-28(37)36-17-20(18-36)15-34-5/h6,20-27,34-35H,7-18,33H2,1-5H3/p+2. The van der Waals surface area contributed by atoms with Gasteiger partial charge >= 0.3 is 11.9 Å². The molecule has 0 bridgehead atoms. The molecule has 42 heavy (non-hydrogen) atoms. The van der Waals surface area contributed by atoms with Gasteiger partial charge in [-0.2, -0.15) is 0 Å². The van der Waals surface area contributed by atoms with Gasteiger partial charge in [0.1, 0.15) is 23.5 Å². The van der Waals surface area contributed by atoms with E-state index >= 15 is 0 Å². The van der Waals surface area contributed by atoms with Crippen LogP contribution in [-0.4, -0.2) is 85.5 Å². The molecule has 236 valence electrons. The van der Waals surface area contributed by atoms with Crippen molar-refractivity contribution in [3.8, 4) is 0 Å². The average Bonchev–Trinajstić information content (AvgIpc) is 3.28. The summed E-state index contributed by atoms with van der Waals surface area (Å²) < 4.78 is 19.1. The Balaban J connectivity index is 1.37. The fourth-order valence-electron chi connectivity index (χ4n) is 8.41. The lowest BCUT2D eigenvalue weighted by atomic mass is 9.67. The van der Waals surface area contributed by atoms with E-state index in [9.17, 15) is 14.4 Å². The highest BCUT2D eigenvalue weighted by atomic mass is 16.6. The van der Waals surface area contributed by atoms with Gasteiger partial charge in [-0.25, -0.2) is 4.79 Å². The van der Waals surface area contributed by atoms with Crippen LogP contribution < -0.4 is 16.4 Å². The van der Waals surface area contributed by atoms with Crippen molar-refractivity contribution < 1.29 is 39.2 Å². The topological polar surface area (TPSA) is 141 Å². The number of hydrogen-bond acceptors (Lipinski definition) is 7. The molecular formula is C32H54N4O6+2. The highest BCUT2D eigenvalue weighted by Gasteiger charge is 2.61. The molecule has 1 amide bonds. The van der Waals surface area contributed by atoms with Gasteiger partial charge in [0.2, 0.25) is 5.91 Å². The van der Waals surface area contributed by atoms with Gasteiger partial charge in [0.05, 0.1) is 26.2 Å². The SMILES string of the molecule is CC=C(C)C(=O)OC(C)(C)C1(CC2CC(N)[NH2+]CC2CC(=O)N2CC(C[NH2+]C)C2)CC2CC3CCC(=O)OC3CC2O1. The molecule has 4 aliphatic heterocycles. The second kappa shape index (κ2) is 12.5. The van der Waals surface area contributed by atoms with Crippen LogP contribution in [0.2, 0.25) is 0 Å². The number of allylic oxidation sites excluding steroid dienone is 1. The van der Waals surface area contributed by atoms with E-state index in [2.05, 4.69) is 17.7 Å². The second-order valence-corrected chi connectivity index (χ2v) is 14.4. The van der Waals surface area contributed by atoms with E-state index in [1.165, 1.54) is 0 Å². The molecule has 1 aliphatic carbocycles. The number of ether oxygens (including phenoxy) is 3. The lowest BCUT2D eigenvalue weighted by Crippen LogP contribution is -2.96. The van der Waals surface area contributed by atoms with Gasteiger partial charge < -0.3 is 29.7 Å². The third-order valence-electron chi connectivity index (χ3n) is 11.2. The summed E-state index contributed by atoms with van der Waals surface area (Å²) >= 11 is 0. The van der Waals surface area contributed by atoms with Crippen molar-refractivity contribution in [3.63, 3.8) is 0 Å². The Morgan fingerprint density at radius 3 is 2.67 bits per heavy atom. The average molecular weight is 591 g/mol. The zero-order valence-corrected chi connectivity index (χ0v) is 26.3. The van der Waals surface area contributed by atoms with Crippen LogP contribution in [0.5, 0.6) is 0 Å². The molecule has 6 N–H and O–H groups in total. The zero-order valence-electron chi connectivity index (χ0n) is 26.3. The van der Waals surface area contributed by atoms with Gasteiger partial charge in [0.15, 0.2) is 0 Å². The molecule has 5 fully saturated rings. The van der Waals surface area contributed by atoms with Crippen LogP contribution in [0.4, 0.5) is 0 Å². The number of quaternary nitrogens is 2. The number of amides is 1. The first-order valence-corrected chi connectivity index (χ1v) is 16.3. The zero-order chi connectivity index (χ0) is 30.2. The molecule has 0 aromatic heterocycles. The van der Waals surface area contributed by atoms with Gasteiger partial charge in [-0.15, -0.1) is 0 Å². The van der Waals surface area contributed by atoms with E-state index in [4.69, 9.17) is 19.9 Å². The number of carbonyl (C=O) groups excluding carboxylic acids is 3. The lowest BCUT2D eigenvalue weighted by Gasteiger charge is -2.47. The predicted octanol–water partition coefficient (Wildman–Crippen LogP) is 0.450. The third kappa shape index (κ3) is 6.42. The molecule has 10 nitrogen and oxygen atoms in total. The highest BCUT2D eigenvalue weighted by molar-refractivity contribution is 5.88. The Hall–Kier alpha value is -2.01. The lowest BCUT2D eigenvalue weighted by molar-refractivity contribution is -0.706. The third-order valence-corrected chi connectivity index (χ3v) is 11.2.